The molecule has 4 rings (SSSR count). The van der Waals surface area contributed by atoms with Gasteiger partial charge in [0, 0.05) is 30.9 Å². The summed E-state index contributed by atoms with van der Waals surface area (Å²) in [6, 6.07) is 15.3. The number of nitrogens with one attached hydrogen (secondary N) is 1. The summed E-state index contributed by atoms with van der Waals surface area (Å²) in [5, 5.41) is 19.9. The monoisotopic (exact) mass is 346 g/mol. The molecule has 3 aromatic rings. The molecule has 2 aromatic heterocycles. The second kappa shape index (κ2) is 6.84. The van der Waals surface area contributed by atoms with E-state index >= 15 is 0 Å². The van der Waals surface area contributed by atoms with E-state index in [0.717, 1.165) is 31.6 Å². The summed E-state index contributed by atoms with van der Waals surface area (Å²) >= 11 is 0. The quantitative estimate of drug-likeness (QED) is 0.787. The molecular formula is C19H18N6O. The molecule has 0 aliphatic carbocycles. The maximum Gasteiger partial charge on any atom is 0.235 e. The molecule has 1 N–H and O–H groups in total. The lowest BCUT2D eigenvalue weighted by Crippen LogP contribution is -2.38. The molecule has 26 heavy (non-hydrogen) atoms. The third kappa shape index (κ3) is 3.09. The maximum atomic E-state index is 12.6. The predicted molar refractivity (Wildman–Crippen MR) is 97.7 cm³/mol. The zero-order chi connectivity index (χ0) is 17.9. The van der Waals surface area contributed by atoms with Crippen molar-refractivity contribution < 1.29 is 4.79 Å². The van der Waals surface area contributed by atoms with Gasteiger partial charge in [-0.1, -0.05) is 6.07 Å². The normalized spacial score (nSPS) is 15.0. The third-order valence-corrected chi connectivity index (χ3v) is 4.78. The number of aromatic nitrogens is 3. The Balaban J connectivity index is 1.38. The summed E-state index contributed by atoms with van der Waals surface area (Å²) in [5.41, 5.74) is 2.45. The van der Waals surface area contributed by atoms with Crippen LogP contribution in [0.5, 0.6) is 0 Å². The molecule has 0 spiro atoms. The average Bonchev–Trinajstić information content (AvgIpc) is 3.11. The van der Waals surface area contributed by atoms with Crippen molar-refractivity contribution in [3.05, 3.63) is 54.2 Å². The Hall–Kier alpha value is -3.40. The van der Waals surface area contributed by atoms with Crippen LogP contribution in [0.3, 0.4) is 0 Å². The summed E-state index contributed by atoms with van der Waals surface area (Å²) in [7, 11) is 0. The molecule has 1 aliphatic rings. The van der Waals surface area contributed by atoms with Gasteiger partial charge >= 0.3 is 0 Å². The molecule has 1 saturated heterocycles. The van der Waals surface area contributed by atoms with Gasteiger partial charge in [0.05, 0.1) is 11.6 Å². The molecule has 1 aromatic carbocycles. The van der Waals surface area contributed by atoms with E-state index in [1.807, 2.05) is 48.7 Å². The van der Waals surface area contributed by atoms with Crippen LogP contribution in [0.2, 0.25) is 0 Å². The van der Waals surface area contributed by atoms with Crippen LogP contribution in [-0.2, 0) is 4.79 Å². The highest BCUT2D eigenvalue weighted by molar-refractivity contribution is 5.91. The van der Waals surface area contributed by atoms with Gasteiger partial charge in [-0.3, -0.25) is 14.5 Å². The van der Waals surface area contributed by atoms with E-state index in [1.165, 1.54) is 0 Å². The van der Waals surface area contributed by atoms with Crippen LogP contribution in [0.4, 0.5) is 11.6 Å². The Kier molecular flexibility index (Phi) is 4.23. The molecule has 0 saturated carbocycles. The largest absolute Gasteiger partial charge is 0.371 e. The molecule has 7 nitrogen and oxygen atoms in total. The van der Waals surface area contributed by atoms with E-state index in [0.29, 0.717) is 17.2 Å². The van der Waals surface area contributed by atoms with Crippen molar-refractivity contribution in [2.75, 3.05) is 23.3 Å². The molecule has 7 heteroatoms. The van der Waals surface area contributed by atoms with Gasteiger partial charge in [-0.05, 0) is 49.2 Å². The Morgan fingerprint density at radius 1 is 1.12 bits per heavy atom. The molecule has 1 aliphatic heterocycles. The number of piperidine rings is 1. The molecule has 0 radical (unpaired) electrons. The number of pyridine rings is 1. The zero-order valence-electron chi connectivity index (χ0n) is 14.2. The minimum atomic E-state index is -0.0410. The summed E-state index contributed by atoms with van der Waals surface area (Å²) in [4.78, 5) is 14.8. The maximum absolute atomic E-state index is 12.6. The fourth-order valence-corrected chi connectivity index (χ4v) is 3.29. The summed E-state index contributed by atoms with van der Waals surface area (Å²) < 4.78 is 1.77. The number of nitrogens with zero attached hydrogens (tertiary/aromatic N) is 5. The highest BCUT2D eigenvalue weighted by atomic mass is 16.2. The molecule has 1 amide bonds. The lowest BCUT2D eigenvalue weighted by Gasteiger charge is -2.32. The lowest BCUT2D eigenvalue weighted by atomic mass is 9.95. The summed E-state index contributed by atoms with van der Waals surface area (Å²) in [5.74, 6) is 0.406. The number of carbonyl (C=O) groups is 1. The van der Waals surface area contributed by atoms with E-state index < -0.39 is 0 Å². The number of fused-ring (bicyclic) bond motifs is 1. The molecular weight excluding hydrogens is 328 g/mol. The van der Waals surface area contributed by atoms with E-state index in [9.17, 15) is 4.79 Å². The highest BCUT2D eigenvalue weighted by Crippen LogP contribution is 2.24. The average molecular weight is 346 g/mol. The SMILES string of the molecule is N#Cc1ccc(N2CCC(C(=O)Nc3nnc4ccccn34)CC2)cc1. The van der Waals surface area contributed by atoms with Crippen molar-refractivity contribution in [2.45, 2.75) is 12.8 Å². The van der Waals surface area contributed by atoms with Crippen molar-refractivity contribution in [3.63, 3.8) is 0 Å². The fourth-order valence-electron chi connectivity index (χ4n) is 3.29. The van der Waals surface area contributed by atoms with Gasteiger partial charge in [-0.25, -0.2) is 0 Å². The zero-order valence-corrected chi connectivity index (χ0v) is 14.2. The summed E-state index contributed by atoms with van der Waals surface area (Å²) in [6.07, 6.45) is 3.39. The van der Waals surface area contributed by atoms with Crippen LogP contribution >= 0.6 is 0 Å². The Morgan fingerprint density at radius 2 is 1.88 bits per heavy atom. The molecule has 0 unspecified atom stereocenters. The number of rotatable bonds is 3. The smallest absolute Gasteiger partial charge is 0.235 e. The molecule has 130 valence electrons. The Bertz CT molecular complexity index is 964. The van der Waals surface area contributed by atoms with Crippen molar-refractivity contribution in [1.29, 1.82) is 5.26 Å². The first kappa shape index (κ1) is 16.1. The molecule has 3 heterocycles. The minimum Gasteiger partial charge on any atom is -0.371 e. The second-order valence-electron chi connectivity index (χ2n) is 6.36. The molecule has 0 bridgehead atoms. The number of anilines is 2. The molecule has 0 atom stereocenters. The third-order valence-electron chi connectivity index (χ3n) is 4.78. The first-order valence-corrected chi connectivity index (χ1v) is 8.60. The van der Waals surface area contributed by atoms with Gasteiger partial charge in [-0.2, -0.15) is 5.26 Å². The van der Waals surface area contributed by atoms with Crippen molar-refractivity contribution in [1.82, 2.24) is 14.6 Å². The van der Waals surface area contributed by atoms with E-state index in [1.54, 1.807) is 4.40 Å². The number of hydrogen-bond donors (Lipinski definition) is 1. The highest BCUT2D eigenvalue weighted by Gasteiger charge is 2.26. The number of hydrogen-bond acceptors (Lipinski definition) is 5. The Labute approximate surface area is 150 Å². The van der Waals surface area contributed by atoms with Crippen LogP contribution in [0.1, 0.15) is 18.4 Å². The van der Waals surface area contributed by atoms with Gasteiger partial charge in [0.2, 0.25) is 11.9 Å². The Morgan fingerprint density at radius 3 is 2.62 bits per heavy atom. The van der Waals surface area contributed by atoms with Crippen LogP contribution in [-0.4, -0.2) is 33.6 Å². The van der Waals surface area contributed by atoms with Crippen LogP contribution in [0.15, 0.2) is 48.7 Å². The minimum absolute atomic E-state index is 0.0115. The topological polar surface area (TPSA) is 86.3 Å². The number of benzene rings is 1. The second-order valence-corrected chi connectivity index (χ2v) is 6.36. The first-order chi connectivity index (χ1) is 12.7. The van der Waals surface area contributed by atoms with E-state index in [4.69, 9.17) is 5.26 Å². The van der Waals surface area contributed by atoms with Gasteiger partial charge in [0.1, 0.15) is 0 Å². The van der Waals surface area contributed by atoms with Gasteiger partial charge in [0.15, 0.2) is 5.65 Å². The fraction of sp³-hybridized carbons (Fsp3) is 0.263. The van der Waals surface area contributed by atoms with Crippen molar-refractivity contribution in [2.24, 2.45) is 5.92 Å². The van der Waals surface area contributed by atoms with Crippen molar-refractivity contribution in [3.8, 4) is 6.07 Å². The molecule has 1 fully saturated rings. The standard InChI is InChI=1S/C19H18N6O/c20-13-14-4-6-16(7-5-14)24-11-8-15(9-12-24)18(26)21-19-23-22-17-3-1-2-10-25(17)19/h1-7,10,15H,8-9,11-12H2,(H,21,23,26). The van der Waals surface area contributed by atoms with Crippen LogP contribution in [0.25, 0.3) is 5.65 Å². The van der Waals surface area contributed by atoms with Gasteiger partial charge in [-0.15, -0.1) is 10.2 Å². The van der Waals surface area contributed by atoms with Crippen LogP contribution in [0, 0.1) is 17.2 Å². The first-order valence-electron chi connectivity index (χ1n) is 8.60. The van der Waals surface area contributed by atoms with Crippen LogP contribution < -0.4 is 10.2 Å². The summed E-state index contributed by atoms with van der Waals surface area (Å²) in [6.45, 7) is 1.62. The van der Waals surface area contributed by atoms with Gasteiger partial charge in [0.25, 0.3) is 0 Å². The number of nitriles is 1. The number of carbonyl (C=O) groups excluding carboxylic acids is 1. The van der Waals surface area contributed by atoms with E-state index in [2.05, 4.69) is 26.5 Å². The number of amides is 1. The van der Waals surface area contributed by atoms with E-state index in [-0.39, 0.29) is 11.8 Å². The predicted octanol–water partition coefficient (Wildman–Crippen LogP) is 2.46. The lowest BCUT2D eigenvalue weighted by molar-refractivity contribution is -0.120. The van der Waals surface area contributed by atoms with Crippen molar-refractivity contribution >= 4 is 23.2 Å². The van der Waals surface area contributed by atoms with Gasteiger partial charge < -0.3 is 4.90 Å².